The first-order valence-corrected chi connectivity index (χ1v) is 9.04. The van der Waals surface area contributed by atoms with Gasteiger partial charge in [-0.1, -0.05) is 13.3 Å². The minimum Gasteiger partial charge on any atom is -0.323 e. The standard InChI is InChI=1S/C13H17N4O7P/c1-2-3-10(25(22,23)24)14-6-7-4-8(17(20)21)5-9-11(7)16-13(19)12(18)15-9/h4-5,10,14H,2-3,6H2,1H3,(H,15,18)(H,16,19)(H2,22,23,24). The number of nitrogens with zero attached hydrogens (tertiary/aromatic N) is 1. The Morgan fingerprint density at radius 1 is 1.28 bits per heavy atom. The van der Waals surface area contributed by atoms with Gasteiger partial charge < -0.3 is 19.8 Å². The molecular weight excluding hydrogens is 355 g/mol. The first-order valence-electron chi connectivity index (χ1n) is 7.35. The lowest BCUT2D eigenvalue weighted by atomic mass is 10.1. The van der Waals surface area contributed by atoms with Crippen LogP contribution in [0, 0.1) is 10.1 Å². The number of fused-ring (bicyclic) bond motifs is 1. The lowest BCUT2D eigenvalue weighted by molar-refractivity contribution is -0.384. The lowest BCUT2D eigenvalue weighted by Crippen LogP contribution is -2.31. The van der Waals surface area contributed by atoms with E-state index in [4.69, 9.17) is 0 Å². The number of non-ortho nitro benzene ring substituents is 1. The van der Waals surface area contributed by atoms with E-state index in [0.717, 1.165) is 6.07 Å². The predicted molar refractivity (Wildman–Crippen MR) is 89.4 cm³/mol. The zero-order valence-electron chi connectivity index (χ0n) is 13.2. The van der Waals surface area contributed by atoms with Crippen molar-refractivity contribution >= 4 is 24.3 Å². The number of nitro benzene ring substituents is 1. The summed E-state index contributed by atoms with van der Waals surface area (Å²) in [6.07, 6.45) is 0.715. The Labute approximate surface area is 140 Å². The maximum atomic E-state index is 11.5. The normalized spacial score (nSPS) is 13.1. The second-order valence-electron chi connectivity index (χ2n) is 5.47. The number of benzene rings is 1. The summed E-state index contributed by atoms with van der Waals surface area (Å²) in [4.78, 5) is 56.6. The van der Waals surface area contributed by atoms with Crippen LogP contribution in [0.5, 0.6) is 0 Å². The molecule has 1 heterocycles. The largest absolute Gasteiger partial charge is 0.342 e. The van der Waals surface area contributed by atoms with Crippen LogP contribution >= 0.6 is 7.60 Å². The Morgan fingerprint density at radius 2 is 1.92 bits per heavy atom. The molecule has 1 atom stereocenters. The molecule has 1 aromatic carbocycles. The summed E-state index contributed by atoms with van der Waals surface area (Å²) in [7, 11) is -4.41. The Kier molecular flexibility index (Phi) is 5.53. The number of hydrogen-bond acceptors (Lipinski definition) is 6. The number of nitro groups is 1. The SMILES string of the molecule is CCCC(NCc1cc([N+](=O)[O-])cc2[nH]c(=O)c(=O)[nH]c12)P(=O)(O)O. The smallest absolute Gasteiger partial charge is 0.323 e. The maximum Gasteiger partial charge on any atom is 0.342 e. The van der Waals surface area contributed by atoms with Crippen LogP contribution in [0.15, 0.2) is 21.7 Å². The van der Waals surface area contributed by atoms with Crippen molar-refractivity contribution in [1.82, 2.24) is 15.3 Å². The summed E-state index contributed by atoms with van der Waals surface area (Å²) < 4.78 is 11.5. The van der Waals surface area contributed by atoms with Gasteiger partial charge in [-0.3, -0.25) is 29.6 Å². The fraction of sp³-hybridized carbons (Fsp3) is 0.385. The van der Waals surface area contributed by atoms with E-state index < -0.39 is 29.4 Å². The Bertz CT molecular complexity index is 961. The molecule has 1 aromatic heterocycles. The van der Waals surface area contributed by atoms with Gasteiger partial charge in [0.05, 0.1) is 16.0 Å². The van der Waals surface area contributed by atoms with Gasteiger partial charge in [0, 0.05) is 18.7 Å². The van der Waals surface area contributed by atoms with E-state index in [1.54, 1.807) is 6.92 Å². The van der Waals surface area contributed by atoms with E-state index in [2.05, 4.69) is 15.3 Å². The molecule has 0 aliphatic heterocycles. The molecular formula is C13H17N4O7P. The van der Waals surface area contributed by atoms with Crippen molar-refractivity contribution in [3.8, 4) is 0 Å². The highest BCUT2D eigenvalue weighted by molar-refractivity contribution is 7.52. The van der Waals surface area contributed by atoms with Gasteiger partial charge in [-0.15, -0.1) is 0 Å². The zero-order valence-corrected chi connectivity index (χ0v) is 14.1. The van der Waals surface area contributed by atoms with Crippen molar-refractivity contribution in [3.05, 3.63) is 48.5 Å². The van der Waals surface area contributed by atoms with Crippen molar-refractivity contribution < 1.29 is 19.3 Å². The fourth-order valence-electron chi connectivity index (χ4n) is 2.42. The molecule has 2 rings (SSSR count). The molecule has 0 bridgehead atoms. The third-order valence-electron chi connectivity index (χ3n) is 3.60. The van der Waals surface area contributed by atoms with Gasteiger partial charge in [-0.2, -0.15) is 0 Å². The van der Waals surface area contributed by atoms with E-state index in [0.29, 0.717) is 6.42 Å². The van der Waals surface area contributed by atoms with Gasteiger partial charge >= 0.3 is 18.7 Å². The Hall–Kier alpha value is -2.33. The first-order chi connectivity index (χ1) is 11.6. The predicted octanol–water partition coefficient (Wildman–Crippen LogP) is 0.518. The Morgan fingerprint density at radius 3 is 2.48 bits per heavy atom. The van der Waals surface area contributed by atoms with Gasteiger partial charge in [0.2, 0.25) is 0 Å². The highest BCUT2D eigenvalue weighted by Gasteiger charge is 2.27. The van der Waals surface area contributed by atoms with Crippen LogP contribution in [-0.2, 0) is 11.1 Å². The van der Waals surface area contributed by atoms with E-state index in [-0.39, 0.29) is 35.2 Å². The molecule has 0 amide bonds. The molecule has 0 radical (unpaired) electrons. The third-order valence-corrected chi connectivity index (χ3v) is 4.86. The lowest BCUT2D eigenvalue weighted by Gasteiger charge is -2.19. The minimum absolute atomic E-state index is 0.0545. The van der Waals surface area contributed by atoms with E-state index in [1.165, 1.54) is 6.07 Å². The molecule has 0 aliphatic carbocycles. The number of aromatic amines is 2. The summed E-state index contributed by atoms with van der Waals surface area (Å²) in [6.45, 7) is 1.62. The molecule has 0 fully saturated rings. The first kappa shape index (κ1) is 19.0. The van der Waals surface area contributed by atoms with E-state index in [9.17, 15) is 34.1 Å². The molecule has 5 N–H and O–H groups in total. The van der Waals surface area contributed by atoms with Crippen molar-refractivity contribution in [2.75, 3.05) is 0 Å². The Balaban J connectivity index is 2.50. The van der Waals surface area contributed by atoms with Crippen molar-refractivity contribution in [1.29, 1.82) is 0 Å². The second kappa shape index (κ2) is 7.28. The van der Waals surface area contributed by atoms with Gasteiger partial charge in [-0.25, -0.2) is 0 Å². The van der Waals surface area contributed by atoms with Crippen LogP contribution in [0.1, 0.15) is 25.3 Å². The summed E-state index contributed by atoms with van der Waals surface area (Å²) in [6, 6.07) is 2.27. The number of rotatable bonds is 7. The monoisotopic (exact) mass is 372 g/mol. The zero-order chi connectivity index (χ0) is 18.8. The molecule has 11 nitrogen and oxygen atoms in total. The molecule has 0 saturated heterocycles. The summed E-state index contributed by atoms with van der Waals surface area (Å²) in [5.41, 5.74) is -1.77. The quantitative estimate of drug-likeness (QED) is 0.202. The average Bonchev–Trinajstić information content (AvgIpc) is 2.51. The van der Waals surface area contributed by atoms with Gasteiger partial charge in [0.15, 0.2) is 0 Å². The summed E-state index contributed by atoms with van der Waals surface area (Å²) in [5, 5.41) is 13.7. The van der Waals surface area contributed by atoms with Crippen LogP contribution in [0.2, 0.25) is 0 Å². The summed E-state index contributed by atoms with van der Waals surface area (Å²) in [5.74, 6) is -1.12. The third kappa shape index (κ3) is 4.40. The number of hydrogen-bond donors (Lipinski definition) is 5. The van der Waals surface area contributed by atoms with Crippen LogP contribution in [-0.4, -0.2) is 30.5 Å². The molecule has 1 unspecified atom stereocenters. The topological polar surface area (TPSA) is 178 Å². The van der Waals surface area contributed by atoms with Crippen LogP contribution in [0.4, 0.5) is 5.69 Å². The molecule has 0 aliphatic rings. The van der Waals surface area contributed by atoms with E-state index >= 15 is 0 Å². The highest BCUT2D eigenvalue weighted by Crippen LogP contribution is 2.42. The summed E-state index contributed by atoms with van der Waals surface area (Å²) >= 11 is 0. The molecule has 25 heavy (non-hydrogen) atoms. The molecule has 0 spiro atoms. The molecule has 0 saturated carbocycles. The molecule has 2 aromatic rings. The maximum absolute atomic E-state index is 11.5. The van der Waals surface area contributed by atoms with Crippen LogP contribution in [0.25, 0.3) is 11.0 Å². The van der Waals surface area contributed by atoms with Gasteiger partial charge in [-0.05, 0) is 12.0 Å². The van der Waals surface area contributed by atoms with Gasteiger partial charge in [0.25, 0.3) is 5.69 Å². The van der Waals surface area contributed by atoms with Gasteiger partial charge in [0.1, 0.15) is 5.78 Å². The average molecular weight is 372 g/mol. The van der Waals surface area contributed by atoms with Crippen molar-refractivity contribution in [2.45, 2.75) is 32.1 Å². The minimum atomic E-state index is -4.41. The van der Waals surface area contributed by atoms with Crippen LogP contribution in [0.3, 0.4) is 0 Å². The number of H-pyrrole nitrogens is 2. The fourth-order valence-corrected chi connectivity index (χ4v) is 3.34. The molecule has 136 valence electrons. The number of nitrogens with one attached hydrogen (secondary N) is 3. The van der Waals surface area contributed by atoms with Crippen molar-refractivity contribution in [2.24, 2.45) is 0 Å². The number of aromatic nitrogens is 2. The highest BCUT2D eigenvalue weighted by atomic mass is 31.2. The van der Waals surface area contributed by atoms with Crippen molar-refractivity contribution in [3.63, 3.8) is 0 Å². The molecule has 12 heteroatoms. The van der Waals surface area contributed by atoms with E-state index in [1.807, 2.05) is 0 Å². The van der Waals surface area contributed by atoms with Crippen LogP contribution < -0.4 is 16.4 Å². The second-order valence-corrected chi connectivity index (χ2v) is 7.27.